The van der Waals surface area contributed by atoms with Gasteiger partial charge in [-0.05, 0) is 69.2 Å². The minimum Gasteiger partial charge on any atom is -0.355 e. The van der Waals surface area contributed by atoms with E-state index in [1.807, 2.05) is 38.1 Å². The zero-order chi connectivity index (χ0) is 28.0. The predicted octanol–water partition coefficient (Wildman–Crippen LogP) is 5.36. The van der Waals surface area contributed by atoms with Crippen molar-refractivity contribution in [2.75, 3.05) is 17.4 Å². The number of rotatable bonds is 10. The van der Waals surface area contributed by atoms with Crippen molar-refractivity contribution in [1.29, 1.82) is 0 Å². The number of amides is 2. The van der Waals surface area contributed by atoms with Crippen molar-refractivity contribution in [1.82, 2.24) is 10.2 Å². The van der Waals surface area contributed by atoms with E-state index in [2.05, 4.69) is 5.32 Å². The van der Waals surface area contributed by atoms with Gasteiger partial charge in [0.1, 0.15) is 12.6 Å². The minimum absolute atomic E-state index is 0.0178. The van der Waals surface area contributed by atoms with Gasteiger partial charge >= 0.3 is 0 Å². The standard InChI is InChI=1S/C28H31Cl2N3O4S/c1-5-31-28(35)21(4)32(17-22-9-7-6-8-20(22)3)27(34)18-33(23-12-15-25(29)26(30)16-23)38(36,37)24-13-10-19(2)11-14-24/h6-16,21H,5,17-18H2,1-4H3,(H,31,35)/t21-/m0/s1. The molecule has 0 aliphatic heterocycles. The highest BCUT2D eigenvalue weighted by Gasteiger charge is 2.32. The maximum absolute atomic E-state index is 13.9. The normalized spacial score (nSPS) is 12.1. The molecule has 3 aromatic rings. The molecule has 7 nitrogen and oxygen atoms in total. The van der Waals surface area contributed by atoms with Crippen molar-refractivity contribution < 1.29 is 18.0 Å². The van der Waals surface area contributed by atoms with Crippen LogP contribution >= 0.6 is 23.2 Å². The van der Waals surface area contributed by atoms with Crippen molar-refractivity contribution in [3.8, 4) is 0 Å². The molecule has 0 aromatic heterocycles. The van der Waals surface area contributed by atoms with Crippen LogP contribution < -0.4 is 9.62 Å². The maximum atomic E-state index is 13.9. The lowest BCUT2D eigenvalue weighted by Crippen LogP contribution is -2.51. The molecule has 0 fully saturated rings. The first-order valence-corrected chi connectivity index (χ1v) is 14.3. The summed E-state index contributed by atoms with van der Waals surface area (Å²) in [5, 5.41) is 3.14. The SMILES string of the molecule is CCNC(=O)[C@H](C)N(Cc1ccccc1C)C(=O)CN(c1ccc(Cl)c(Cl)c1)S(=O)(=O)c1ccc(C)cc1. The van der Waals surface area contributed by atoms with Crippen LogP contribution in [-0.4, -0.2) is 44.3 Å². The highest BCUT2D eigenvalue weighted by Crippen LogP contribution is 2.31. The van der Waals surface area contributed by atoms with Gasteiger partial charge in [0, 0.05) is 13.1 Å². The summed E-state index contributed by atoms with van der Waals surface area (Å²) in [6.07, 6.45) is 0. The Hall–Kier alpha value is -3.07. The summed E-state index contributed by atoms with van der Waals surface area (Å²) in [7, 11) is -4.18. The highest BCUT2D eigenvalue weighted by atomic mass is 35.5. The second kappa shape index (κ2) is 12.7. The number of anilines is 1. The van der Waals surface area contributed by atoms with Crippen molar-refractivity contribution in [3.63, 3.8) is 0 Å². The molecule has 0 unspecified atom stereocenters. The average molecular weight is 577 g/mol. The molecule has 10 heteroatoms. The van der Waals surface area contributed by atoms with E-state index in [-0.39, 0.29) is 33.1 Å². The Kier molecular flexibility index (Phi) is 9.82. The fourth-order valence-corrected chi connectivity index (χ4v) is 5.58. The lowest BCUT2D eigenvalue weighted by molar-refractivity contribution is -0.139. The number of benzene rings is 3. The molecule has 0 aliphatic rings. The van der Waals surface area contributed by atoms with Crippen LogP contribution in [0.15, 0.2) is 71.6 Å². The Labute approximate surface area is 234 Å². The second-order valence-corrected chi connectivity index (χ2v) is 11.6. The fourth-order valence-electron chi connectivity index (χ4n) is 3.88. The molecule has 202 valence electrons. The van der Waals surface area contributed by atoms with E-state index in [1.165, 1.54) is 35.2 Å². The van der Waals surface area contributed by atoms with Gasteiger partial charge in [0.15, 0.2) is 0 Å². The molecule has 38 heavy (non-hydrogen) atoms. The van der Waals surface area contributed by atoms with Crippen LogP contribution in [0.3, 0.4) is 0 Å². The summed E-state index contributed by atoms with van der Waals surface area (Å²) < 4.78 is 28.6. The number of hydrogen-bond acceptors (Lipinski definition) is 4. The maximum Gasteiger partial charge on any atom is 0.264 e. The molecule has 3 rings (SSSR count). The van der Waals surface area contributed by atoms with Gasteiger partial charge in [0.2, 0.25) is 11.8 Å². The van der Waals surface area contributed by atoms with Gasteiger partial charge < -0.3 is 10.2 Å². The lowest BCUT2D eigenvalue weighted by atomic mass is 10.1. The molecule has 0 saturated carbocycles. The number of carbonyl (C=O) groups excluding carboxylic acids is 2. The summed E-state index contributed by atoms with van der Waals surface area (Å²) in [6, 6.07) is 17.4. The first-order chi connectivity index (χ1) is 17.9. The third kappa shape index (κ3) is 6.87. The third-order valence-corrected chi connectivity index (χ3v) is 8.73. The van der Waals surface area contributed by atoms with E-state index in [1.54, 1.807) is 26.0 Å². The second-order valence-electron chi connectivity index (χ2n) is 8.94. The Balaban J connectivity index is 2.07. The number of nitrogens with one attached hydrogen (secondary N) is 1. The number of sulfonamides is 1. The molecule has 0 radical (unpaired) electrons. The molecule has 1 atom stereocenters. The number of aryl methyl sites for hydroxylation is 2. The van der Waals surface area contributed by atoms with Crippen LogP contribution in [0.1, 0.15) is 30.5 Å². The van der Waals surface area contributed by atoms with Crippen molar-refractivity contribution in [3.05, 3.63) is 93.5 Å². The summed E-state index contributed by atoms with van der Waals surface area (Å²) in [4.78, 5) is 28.0. The van der Waals surface area contributed by atoms with Crippen LogP contribution in [-0.2, 0) is 26.2 Å². The van der Waals surface area contributed by atoms with Gasteiger partial charge in [-0.15, -0.1) is 0 Å². The lowest BCUT2D eigenvalue weighted by Gasteiger charge is -2.32. The Morgan fingerprint density at radius 3 is 2.21 bits per heavy atom. The van der Waals surface area contributed by atoms with E-state index in [0.717, 1.165) is 21.0 Å². The van der Waals surface area contributed by atoms with Gasteiger partial charge in [-0.1, -0.05) is 65.2 Å². The first kappa shape index (κ1) is 29.5. The van der Waals surface area contributed by atoms with Gasteiger partial charge in [0.05, 0.1) is 20.6 Å². The van der Waals surface area contributed by atoms with Crippen molar-refractivity contribution >= 4 is 50.7 Å². The quantitative estimate of drug-likeness (QED) is 0.352. The summed E-state index contributed by atoms with van der Waals surface area (Å²) in [5.74, 6) is -0.884. The number of likely N-dealkylation sites (N-methyl/N-ethyl adjacent to an activating group) is 1. The monoisotopic (exact) mass is 575 g/mol. The average Bonchev–Trinajstić information content (AvgIpc) is 2.88. The zero-order valence-corrected chi connectivity index (χ0v) is 24.1. The molecule has 0 aliphatic carbocycles. The van der Waals surface area contributed by atoms with Crippen LogP contribution in [0.25, 0.3) is 0 Å². The van der Waals surface area contributed by atoms with Crippen molar-refractivity contribution in [2.24, 2.45) is 0 Å². The van der Waals surface area contributed by atoms with Gasteiger partial charge in [0.25, 0.3) is 10.0 Å². The fraction of sp³-hybridized carbons (Fsp3) is 0.286. The Bertz CT molecular complexity index is 1410. The van der Waals surface area contributed by atoms with Crippen LogP contribution in [0.5, 0.6) is 0 Å². The molecular formula is C28H31Cl2N3O4S. The number of hydrogen-bond donors (Lipinski definition) is 1. The number of carbonyl (C=O) groups is 2. The van der Waals surface area contributed by atoms with E-state index < -0.39 is 28.5 Å². The van der Waals surface area contributed by atoms with Crippen LogP contribution in [0.2, 0.25) is 10.0 Å². The zero-order valence-electron chi connectivity index (χ0n) is 21.7. The van der Waals surface area contributed by atoms with Crippen molar-refractivity contribution in [2.45, 2.75) is 45.2 Å². The number of nitrogens with zero attached hydrogens (tertiary/aromatic N) is 2. The summed E-state index contributed by atoms with van der Waals surface area (Å²) in [5.41, 5.74) is 2.86. The van der Waals surface area contributed by atoms with Crippen LogP contribution in [0, 0.1) is 13.8 Å². The van der Waals surface area contributed by atoms with E-state index in [0.29, 0.717) is 6.54 Å². The van der Waals surface area contributed by atoms with E-state index >= 15 is 0 Å². The summed E-state index contributed by atoms with van der Waals surface area (Å²) in [6.45, 7) is 7.15. The largest absolute Gasteiger partial charge is 0.355 e. The van der Waals surface area contributed by atoms with E-state index in [9.17, 15) is 18.0 Å². The molecule has 3 aromatic carbocycles. The molecule has 0 bridgehead atoms. The van der Waals surface area contributed by atoms with Gasteiger partial charge in [-0.3, -0.25) is 13.9 Å². The highest BCUT2D eigenvalue weighted by molar-refractivity contribution is 7.92. The Morgan fingerprint density at radius 2 is 1.61 bits per heavy atom. The predicted molar refractivity (Wildman–Crippen MR) is 152 cm³/mol. The Morgan fingerprint density at radius 1 is 0.947 bits per heavy atom. The smallest absolute Gasteiger partial charge is 0.264 e. The van der Waals surface area contributed by atoms with Gasteiger partial charge in [-0.2, -0.15) is 0 Å². The molecule has 1 N–H and O–H groups in total. The molecule has 0 heterocycles. The van der Waals surface area contributed by atoms with Gasteiger partial charge in [-0.25, -0.2) is 8.42 Å². The topological polar surface area (TPSA) is 86.8 Å². The summed E-state index contributed by atoms with van der Waals surface area (Å²) >= 11 is 12.3. The molecule has 0 saturated heterocycles. The third-order valence-electron chi connectivity index (χ3n) is 6.20. The minimum atomic E-state index is -4.18. The van der Waals surface area contributed by atoms with Crippen LogP contribution in [0.4, 0.5) is 5.69 Å². The number of halogens is 2. The van der Waals surface area contributed by atoms with E-state index in [4.69, 9.17) is 23.2 Å². The molecular weight excluding hydrogens is 545 g/mol. The molecule has 2 amide bonds. The first-order valence-electron chi connectivity index (χ1n) is 12.1. The molecule has 0 spiro atoms.